The lowest BCUT2D eigenvalue weighted by Gasteiger charge is -2.38. The molecule has 2 aliphatic heterocycles. The van der Waals surface area contributed by atoms with Gasteiger partial charge in [-0.3, -0.25) is 14.5 Å². The Labute approximate surface area is 271 Å². The van der Waals surface area contributed by atoms with E-state index in [1.54, 1.807) is 0 Å². The van der Waals surface area contributed by atoms with Crippen molar-refractivity contribution in [2.24, 2.45) is 0 Å². The SMILES string of the molecule is CC(=O)NCCCCCC(=O)NCc1cccc(-c2cccc([C@@H]3O[C@H](CN4CC[C@H](O)C4)C[C@H](c4ccc(CO)cc4)O3)c2)c1. The molecular weight excluding hydrogens is 582 g/mol. The van der Waals surface area contributed by atoms with Gasteiger partial charge >= 0.3 is 0 Å². The van der Waals surface area contributed by atoms with Gasteiger partial charge in [0.2, 0.25) is 11.8 Å². The van der Waals surface area contributed by atoms with Gasteiger partial charge in [-0.05, 0) is 59.2 Å². The van der Waals surface area contributed by atoms with Crippen LogP contribution in [0.3, 0.4) is 0 Å². The molecule has 2 amide bonds. The molecule has 4 N–H and O–H groups in total. The topological polar surface area (TPSA) is 120 Å². The molecule has 0 radical (unpaired) electrons. The van der Waals surface area contributed by atoms with E-state index in [1.165, 1.54) is 6.92 Å². The lowest BCUT2D eigenvalue weighted by atomic mass is 9.98. The second-order valence-corrected chi connectivity index (χ2v) is 12.4. The van der Waals surface area contributed by atoms with Crippen molar-refractivity contribution >= 4 is 11.8 Å². The van der Waals surface area contributed by atoms with Crippen LogP contribution in [0.4, 0.5) is 0 Å². The van der Waals surface area contributed by atoms with Gasteiger partial charge in [-0.1, -0.05) is 67.1 Å². The number of amides is 2. The number of hydrogen-bond acceptors (Lipinski definition) is 7. The second kappa shape index (κ2) is 16.8. The number of ether oxygens (including phenoxy) is 2. The molecule has 0 spiro atoms. The lowest BCUT2D eigenvalue weighted by Crippen LogP contribution is -2.38. The summed E-state index contributed by atoms with van der Waals surface area (Å²) in [7, 11) is 0. The van der Waals surface area contributed by atoms with Gasteiger partial charge in [-0.25, -0.2) is 0 Å². The third-order valence-electron chi connectivity index (χ3n) is 8.69. The molecule has 0 aliphatic carbocycles. The number of carbonyl (C=O) groups is 2. The largest absolute Gasteiger partial charge is 0.392 e. The number of aliphatic hydroxyl groups is 2. The van der Waals surface area contributed by atoms with E-state index in [1.807, 2.05) is 48.5 Å². The van der Waals surface area contributed by atoms with Crippen LogP contribution in [-0.2, 0) is 32.2 Å². The molecule has 9 heteroatoms. The molecule has 246 valence electrons. The van der Waals surface area contributed by atoms with Gasteiger partial charge in [0.1, 0.15) is 0 Å². The fourth-order valence-electron chi connectivity index (χ4n) is 6.17. The summed E-state index contributed by atoms with van der Waals surface area (Å²) in [6.45, 7) is 4.85. The summed E-state index contributed by atoms with van der Waals surface area (Å²) in [5.41, 5.74) is 5.93. The fourth-order valence-corrected chi connectivity index (χ4v) is 6.17. The number of likely N-dealkylation sites (tertiary alicyclic amines) is 1. The Kier molecular flexibility index (Phi) is 12.3. The molecular formula is C37H47N3O6. The smallest absolute Gasteiger partial charge is 0.220 e. The summed E-state index contributed by atoms with van der Waals surface area (Å²) in [4.78, 5) is 25.6. The van der Waals surface area contributed by atoms with E-state index < -0.39 is 6.29 Å². The Morgan fingerprint density at radius 1 is 0.891 bits per heavy atom. The van der Waals surface area contributed by atoms with Crippen molar-refractivity contribution in [2.75, 3.05) is 26.2 Å². The summed E-state index contributed by atoms with van der Waals surface area (Å²) < 4.78 is 13.1. The maximum Gasteiger partial charge on any atom is 0.220 e. The van der Waals surface area contributed by atoms with E-state index in [-0.39, 0.29) is 36.7 Å². The van der Waals surface area contributed by atoms with Crippen LogP contribution in [0.15, 0.2) is 72.8 Å². The van der Waals surface area contributed by atoms with Crippen molar-refractivity contribution < 1.29 is 29.3 Å². The average molecular weight is 630 g/mol. The minimum atomic E-state index is -0.561. The van der Waals surface area contributed by atoms with Gasteiger partial charge < -0.3 is 30.3 Å². The number of aliphatic hydroxyl groups excluding tert-OH is 2. The molecule has 4 atom stereocenters. The average Bonchev–Trinajstić information content (AvgIpc) is 3.49. The molecule has 2 aliphatic rings. The van der Waals surface area contributed by atoms with Crippen molar-refractivity contribution in [1.82, 2.24) is 15.5 Å². The predicted molar refractivity (Wildman–Crippen MR) is 176 cm³/mol. The zero-order valence-electron chi connectivity index (χ0n) is 26.7. The number of nitrogens with one attached hydrogen (secondary N) is 2. The van der Waals surface area contributed by atoms with Gasteiger partial charge in [0.25, 0.3) is 0 Å². The van der Waals surface area contributed by atoms with E-state index >= 15 is 0 Å². The van der Waals surface area contributed by atoms with Crippen LogP contribution >= 0.6 is 0 Å². The van der Waals surface area contributed by atoms with Crippen molar-refractivity contribution in [3.8, 4) is 11.1 Å². The molecule has 2 fully saturated rings. The monoisotopic (exact) mass is 629 g/mol. The van der Waals surface area contributed by atoms with Crippen molar-refractivity contribution in [2.45, 2.75) is 83.2 Å². The number of carbonyl (C=O) groups excluding carboxylic acids is 2. The number of hydrogen-bond donors (Lipinski definition) is 4. The van der Waals surface area contributed by atoms with E-state index in [9.17, 15) is 19.8 Å². The Morgan fingerprint density at radius 3 is 2.41 bits per heavy atom. The quantitative estimate of drug-likeness (QED) is 0.190. The Bertz CT molecular complexity index is 1430. The first-order chi connectivity index (χ1) is 22.4. The number of nitrogens with zero attached hydrogens (tertiary/aromatic N) is 1. The van der Waals surface area contributed by atoms with E-state index in [2.05, 4.69) is 39.8 Å². The van der Waals surface area contributed by atoms with Crippen LogP contribution in [0.2, 0.25) is 0 Å². The number of benzene rings is 3. The summed E-state index contributed by atoms with van der Waals surface area (Å²) >= 11 is 0. The van der Waals surface area contributed by atoms with Crippen LogP contribution in [0.1, 0.15) is 80.1 Å². The molecule has 2 saturated heterocycles. The first-order valence-corrected chi connectivity index (χ1v) is 16.5. The van der Waals surface area contributed by atoms with Crippen molar-refractivity contribution in [3.63, 3.8) is 0 Å². The fraction of sp³-hybridized carbons (Fsp3) is 0.459. The Balaban J connectivity index is 1.23. The highest BCUT2D eigenvalue weighted by Crippen LogP contribution is 2.39. The van der Waals surface area contributed by atoms with Crippen LogP contribution in [0.25, 0.3) is 11.1 Å². The summed E-state index contributed by atoms with van der Waals surface area (Å²) in [6, 6.07) is 24.3. The summed E-state index contributed by atoms with van der Waals surface area (Å²) in [5.74, 6) is -0.00148. The van der Waals surface area contributed by atoms with E-state index in [0.29, 0.717) is 32.5 Å². The minimum Gasteiger partial charge on any atom is -0.392 e. The van der Waals surface area contributed by atoms with Crippen LogP contribution in [0, 0.1) is 0 Å². The first-order valence-electron chi connectivity index (χ1n) is 16.5. The molecule has 0 bridgehead atoms. The number of unbranched alkanes of at least 4 members (excludes halogenated alkanes) is 2. The van der Waals surface area contributed by atoms with Crippen LogP contribution in [-0.4, -0.2) is 65.3 Å². The second-order valence-electron chi connectivity index (χ2n) is 12.4. The normalized spacial score (nSPS) is 21.6. The highest BCUT2D eigenvalue weighted by Gasteiger charge is 2.34. The van der Waals surface area contributed by atoms with Crippen LogP contribution < -0.4 is 10.6 Å². The number of β-amino-alcohol motifs (C(OH)–C–C–N with tert-alkyl or cyclic N) is 1. The van der Waals surface area contributed by atoms with Gasteiger partial charge in [0.15, 0.2) is 6.29 Å². The zero-order chi connectivity index (χ0) is 32.3. The van der Waals surface area contributed by atoms with E-state index in [0.717, 1.165) is 72.2 Å². The molecule has 46 heavy (non-hydrogen) atoms. The van der Waals surface area contributed by atoms with Crippen molar-refractivity contribution in [3.05, 3.63) is 95.1 Å². The molecule has 9 nitrogen and oxygen atoms in total. The minimum absolute atomic E-state index is 0.0000596. The molecule has 5 rings (SSSR count). The van der Waals surface area contributed by atoms with Gasteiger partial charge in [0.05, 0.1) is 24.9 Å². The maximum absolute atomic E-state index is 12.4. The molecule has 0 unspecified atom stereocenters. The van der Waals surface area contributed by atoms with Gasteiger partial charge in [0, 0.05) is 58.1 Å². The first kappa shape index (κ1) is 33.8. The van der Waals surface area contributed by atoms with Gasteiger partial charge in [-0.2, -0.15) is 0 Å². The highest BCUT2D eigenvalue weighted by atomic mass is 16.7. The molecule has 3 aromatic rings. The molecule has 2 heterocycles. The zero-order valence-corrected chi connectivity index (χ0v) is 26.7. The highest BCUT2D eigenvalue weighted by molar-refractivity contribution is 5.76. The molecule has 3 aromatic carbocycles. The third-order valence-corrected chi connectivity index (χ3v) is 8.69. The van der Waals surface area contributed by atoms with Crippen LogP contribution in [0.5, 0.6) is 0 Å². The Hall–Kier alpha value is -3.60. The number of rotatable bonds is 14. The lowest BCUT2D eigenvalue weighted by molar-refractivity contribution is -0.252. The summed E-state index contributed by atoms with van der Waals surface area (Å²) in [6.07, 6.45) is 3.42. The maximum atomic E-state index is 12.4. The van der Waals surface area contributed by atoms with Crippen molar-refractivity contribution in [1.29, 1.82) is 0 Å². The molecule has 0 saturated carbocycles. The van der Waals surface area contributed by atoms with Gasteiger partial charge in [-0.15, -0.1) is 0 Å². The molecule has 0 aromatic heterocycles. The van der Waals surface area contributed by atoms with E-state index in [4.69, 9.17) is 9.47 Å². The predicted octanol–water partition coefficient (Wildman–Crippen LogP) is 4.77. The third kappa shape index (κ3) is 9.95. The Morgan fingerprint density at radius 2 is 1.67 bits per heavy atom. The standard InChI is InChI=1S/C37H47N3O6/c1-26(42)38-17-4-2-3-11-36(44)39-22-28-7-5-8-30(19-28)31-9-6-10-32(20-31)37-45-34(24-40-18-16-33(43)23-40)21-35(46-37)29-14-12-27(25-41)13-15-29/h5-10,12-15,19-20,33-35,37,41,43H,2-4,11,16-18,21-25H2,1H3,(H,38,42)(H,39,44)/t33-,34-,35+,37+/m0/s1. The summed E-state index contributed by atoms with van der Waals surface area (Å²) in [5, 5.41) is 25.4.